The van der Waals surface area contributed by atoms with Gasteiger partial charge in [0.05, 0.1) is 13.2 Å². The smallest absolute Gasteiger partial charge is 0.453 e. The summed E-state index contributed by atoms with van der Waals surface area (Å²) < 4.78 is 9.82. The molecule has 0 radical (unpaired) electrons. The molecular formula is C19H27NO9. The van der Waals surface area contributed by atoms with Gasteiger partial charge >= 0.3 is 6.16 Å². The Balaban J connectivity index is 2.08. The second-order valence-electron chi connectivity index (χ2n) is 8.19. The number of ketones is 1. The molecule has 1 fully saturated rings. The van der Waals surface area contributed by atoms with Crippen molar-refractivity contribution in [2.45, 2.75) is 50.3 Å². The van der Waals surface area contributed by atoms with Crippen LogP contribution >= 0.6 is 0 Å². The van der Waals surface area contributed by atoms with Gasteiger partial charge in [-0.2, -0.15) is 0 Å². The Morgan fingerprint density at radius 3 is 2.41 bits per heavy atom. The summed E-state index contributed by atoms with van der Waals surface area (Å²) in [5, 5.41) is 59.9. The van der Waals surface area contributed by atoms with Gasteiger partial charge in [-0.1, -0.05) is 13.8 Å². The summed E-state index contributed by atoms with van der Waals surface area (Å²) in [7, 11) is 1.32. The van der Waals surface area contributed by atoms with Crippen LogP contribution in [-0.4, -0.2) is 79.1 Å². The second kappa shape index (κ2) is 7.17. The number of fused-ring (bicyclic) bond motifs is 3. The molecule has 2 atom stereocenters. The molecule has 1 saturated heterocycles. The summed E-state index contributed by atoms with van der Waals surface area (Å²) in [6, 6.07) is 1.54. The number of rotatable bonds is 5. The first-order chi connectivity index (χ1) is 13.3. The predicted octanol–water partition coefficient (Wildman–Crippen LogP) is -1.40. The molecule has 0 spiro atoms. The summed E-state index contributed by atoms with van der Waals surface area (Å²) in [5.74, 6) is -4.22. The molecule has 10 heteroatoms. The Bertz CT molecular complexity index is 802. The summed E-state index contributed by atoms with van der Waals surface area (Å²) >= 11 is 0. The first-order valence-electron chi connectivity index (χ1n) is 9.31. The first-order valence-corrected chi connectivity index (χ1v) is 9.31. The van der Waals surface area contributed by atoms with Crippen molar-refractivity contribution in [2.75, 3.05) is 20.2 Å². The lowest BCUT2D eigenvalue weighted by molar-refractivity contribution is -0.419. The van der Waals surface area contributed by atoms with E-state index in [2.05, 4.69) is 4.74 Å². The number of hydrogen-bond acceptors (Lipinski definition) is 10. The monoisotopic (exact) mass is 413 g/mol. The maximum absolute atomic E-state index is 12.9. The van der Waals surface area contributed by atoms with Crippen molar-refractivity contribution in [3.63, 3.8) is 0 Å². The normalized spacial score (nSPS) is 26.8. The lowest BCUT2D eigenvalue weighted by atomic mass is 9.73. The van der Waals surface area contributed by atoms with Gasteiger partial charge in [-0.05, 0) is 42.0 Å². The number of methoxy groups -OCH3 is 1. The van der Waals surface area contributed by atoms with E-state index in [0.29, 0.717) is 18.5 Å². The van der Waals surface area contributed by atoms with Gasteiger partial charge in [0.1, 0.15) is 5.60 Å². The van der Waals surface area contributed by atoms with Crippen LogP contribution in [0.2, 0.25) is 0 Å². The molecule has 0 bridgehead atoms. The zero-order valence-electron chi connectivity index (χ0n) is 16.5. The van der Waals surface area contributed by atoms with Gasteiger partial charge in [0.15, 0.2) is 11.5 Å². The lowest BCUT2D eigenvalue weighted by Crippen LogP contribution is -2.69. The third-order valence-electron chi connectivity index (χ3n) is 5.35. The summed E-state index contributed by atoms with van der Waals surface area (Å²) in [5.41, 5.74) is -1.00. The van der Waals surface area contributed by atoms with Crippen molar-refractivity contribution < 1.29 is 44.9 Å². The number of carbonyl (C=O) groups excluding carboxylic acids is 1. The Morgan fingerprint density at radius 2 is 1.86 bits per heavy atom. The Hall–Kier alpha value is -1.79. The van der Waals surface area contributed by atoms with E-state index in [1.807, 2.05) is 13.8 Å². The van der Waals surface area contributed by atoms with E-state index in [1.165, 1.54) is 19.2 Å². The van der Waals surface area contributed by atoms with E-state index < -0.39 is 29.4 Å². The van der Waals surface area contributed by atoms with Crippen LogP contribution < -0.4 is 9.47 Å². The number of nitrogens with zero attached hydrogens (tertiary/aromatic N) is 1. The fourth-order valence-electron chi connectivity index (χ4n) is 4.41. The minimum absolute atomic E-state index is 0.0515. The van der Waals surface area contributed by atoms with E-state index in [4.69, 9.17) is 20.1 Å². The van der Waals surface area contributed by atoms with E-state index in [-0.39, 0.29) is 35.9 Å². The number of aliphatic hydroxyl groups is 6. The van der Waals surface area contributed by atoms with Crippen molar-refractivity contribution in [3.8, 4) is 11.5 Å². The third-order valence-corrected chi connectivity index (χ3v) is 5.35. The maximum atomic E-state index is 12.9. The molecule has 2 aliphatic rings. The molecule has 2 heterocycles. The lowest BCUT2D eigenvalue weighted by Gasteiger charge is -2.51. The molecular weight excluding hydrogens is 386 g/mol. The average molecular weight is 413 g/mol. The number of ether oxygens (including phenoxy) is 2. The number of hydrogen-bond donors (Lipinski definition) is 6. The van der Waals surface area contributed by atoms with Crippen LogP contribution in [-0.2, 0) is 11.2 Å². The number of piperidine rings is 1. The number of Topliss-reactive ketones (excluding diaryl/α,β-unsaturated/α-hetero) is 1. The highest BCUT2D eigenvalue weighted by Gasteiger charge is 2.61. The molecule has 2 aliphatic heterocycles. The van der Waals surface area contributed by atoms with Crippen molar-refractivity contribution in [2.24, 2.45) is 5.92 Å². The van der Waals surface area contributed by atoms with Crippen LogP contribution in [0.5, 0.6) is 11.5 Å². The molecule has 0 saturated carbocycles. The van der Waals surface area contributed by atoms with Crippen LogP contribution in [0, 0.1) is 5.92 Å². The van der Waals surface area contributed by atoms with E-state index in [9.17, 15) is 20.1 Å². The van der Waals surface area contributed by atoms with E-state index in [1.54, 1.807) is 4.90 Å². The van der Waals surface area contributed by atoms with Gasteiger partial charge in [-0.15, -0.1) is 0 Å². The van der Waals surface area contributed by atoms with Gasteiger partial charge in [0.2, 0.25) is 11.6 Å². The van der Waals surface area contributed by atoms with Gasteiger partial charge < -0.3 is 40.1 Å². The molecule has 10 nitrogen and oxygen atoms in total. The highest BCUT2D eigenvalue weighted by Crippen LogP contribution is 2.47. The second-order valence-corrected chi connectivity index (χ2v) is 8.19. The predicted molar refractivity (Wildman–Crippen MR) is 97.6 cm³/mol. The van der Waals surface area contributed by atoms with Gasteiger partial charge in [0, 0.05) is 13.1 Å². The van der Waals surface area contributed by atoms with Crippen LogP contribution in [0.4, 0.5) is 0 Å². The molecule has 1 aromatic rings. The molecule has 1 aromatic carbocycles. The highest BCUT2D eigenvalue weighted by atomic mass is 16.9. The third kappa shape index (κ3) is 3.97. The number of benzene rings is 1. The first kappa shape index (κ1) is 21.9. The molecule has 3 rings (SSSR count). The van der Waals surface area contributed by atoms with Crippen molar-refractivity contribution in [1.29, 1.82) is 0 Å². The van der Waals surface area contributed by atoms with Crippen LogP contribution in [0.15, 0.2) is 12.1 Å². The minimum atomic E-state index is -3.48. The van der Waals surface area contributed by atoms with Crippen molar-refractivity contribution >= 4 is 5.78 Å². The van der Waals surface area contributed by atoms with Gasteiger partial charge in [-0.3, -0.25) is 9.69 Å². The molecule has 0 aromatic heterocycles. The molecule has 29 heavy (non-hydrogen) atoms. The SMILES string of the molecule is COc1cc2c(cc1OC(O)(O)O)C1N(CC2)CC(O)(CC(C)C)C(=O)C1(O)O. The van der Waals surface area contributed by atoms with Crippen LogP contribution in [0.25, 0.3) is 0 Å². The van der Waals surface area contributed by atoms with Gasteiger partial charge in [0.25, 0.3) is 0 Å². The molecule has 2 unspecified atom stereocenters. The Kier molecular flexibility index (Phi) is 5.41. The largest absolute Gasteiger partial charge is 0.493 e. The van der Waals surface area contributed by atoms with Crippen molar-refractivity contribution in [3.05, 3.63) is 23.3 Å². The maximum Gasteiger partial charge on any atom is 0.453 e. The standard InChI is InChI=1S/C19H27NO9/c1-10(2)8-17(22)9-20-5-4-11-6-13(28-3)14(29-19(25,26)27)7-12(11)15(20)18(23,24)16(17)21/h6-7,10,15,22-27H,4-5,8-9H2,1-3H3. The molecule has 162 valence electrons. The molecule has 0 amide bonds. The number of carbonyl (C=O) groups is 1. The van der Waals surface area contributed by atoms with E-state index >= 15 is 0 Å². The Morgan fingerprint density at radius 1 is 1.21 bits per heavy atom. The van der Waals surface area contributed by atoms with Crippen LogP contribution in [0.1, 0.15) is 37.4 Å². The summed E-state index contributed by atoms with van der Waals surface area (Å²) in [6.07, 6.45) is -2.96. The van der Waals surface area contributed by atoms with Crippen LogP contribution in [0.3, 0.4) is 0 Å². The molecule has 6 N–H and O–H groups in total. The zero-order valence-corrected chi connectivity index (χ0v) is 16.5. The van der Waals surface area contributed by atoms with Crippen molar-refractivity contribution in [1.82, 2.24) is 4.90 Å². The topological polar surface area (TPSA) is 160 Å². The summed E-state index contributed by atoms with van der Waals surface area (Å²) in [6.45, 7) is 3.91. The van der Waals surface area contributed by atoms with Gasteiger partial charge in [-0.25, -0.2) is 0 Å². The summed E-state index contributed by atoms with van der Waals surface area (Å²) in [4.78, 5) is 14.5. The average Bonchev–Trinajstić information content (AvgIpc) is 2.57. The highest BCUT2D eigenvalue weighted by molar-refractivity contribution is 5.95. The fraction of sp³-hybridized carbons (Fsp3) is 0.632. The molecule has 0 aliphatic carbocycles. The minimum Gasteiger partial charge on any atom is -0.493 e. The van der Waals surface area contributed by atoms with E-state index in [0.717, 1.165) is 0 Å². The quantitative estimate of drug-likeness (QED) is 0.317. The fourth-order valence-corrected chi connectivity index (χ4v) is 4.41. The Labute approximate surface area is 167 Å². The zero-order chi connectivity index (χ0) is 21.8.